The fourth-order valence-electron chi connectivity index (χ4n) is 2.61. The van der Waals surface area contributed by atoms with E-state index in [4.69, 9.17) is 0 Å². The van der Waals surface area contributed by atoms with Crippen LogP contribution < -0.4 is 9.80 Å². The second-order valence-electron chi connectivity index (χ2n) is 6.22. The standard InChI is InChI=1S/C18H16F3N5O2S/c1-11-16(27)26(12-4-6-13(7-5-12)29-18(19,20)21)17(28)25(11)10-14-22-9-8-15(23-14)24(2)3/h4-9H,1,10H2,2-3H3. The van der Waals surface area contributed by atoms with Gasteiger partial charge in [-0.15, -0.1) is 0 Å². The van der Waals surface area contributed by atoms with E-state index in [1.165, 1.54) is 30.5 Å². The summed E-state index contributed by atoms with van der Waals surface area (Å²) in [6.45, 7) is 3.59. The average molecular weight is 423 g/mol. The van der Waals surface area contributed by atoms with E-state index in [1.54, 1.807) is 25.1 Å². The van der Waals surface area contributed by atoms with E-state index in [-0.39, 0.29) is 34.6 Å². The monoisotopic (exact) mass is 423 g/mol. The lowest BCUT2D eigenvalue weighted by molar-refractivity contribution is -0.114. The molecule has 0 aliphatic carbocycles. The first kappa shape index (κ1) is 20.6. The van der Waals surface area contributed by atoms with Gasteiger partial charge >= 0.3 is 11.5 Å². The molecule has 152 valence electrons. The van der Waals surface area contributed by atoms with E-state index < -0.39 is 17.4 Å². The van der Waals surface area contributed by atoms with Crippen LogP contribution >= 0.6 is 11.8 Å². The molecule has 29 heavy (non-hydrogen) atoms. The summed E-state index contributed by atoms with van der Waals surface area (Å²) in [5.41, 5.74) is -4.34. The number of urea groups is 1. The number of rotatable bonds is 5. The fourth-order valence-corrected chi connectivity index (χ4v) is 3.15. The van der Waals surface area contributed by atoms with Crippen LogP contribution in [0.25, 0.3) is 0 Å². The normalized spacial score (nSPS) is 14.7. The summed E-state index contributed by atoms with van der Waals surface area (Å²) in [6, 6.07) is 5.98. The minimum Gasteiger partial charge on any atom is -0.363 e. The number of aromatic nitrogens is 2. The van der Waals surface area contributed by atoms with Crippen molar-refractivity contribution in [1.29, 1.82) is 0 Å². The molecule has 2 heterocycles. The third-order valence-corrected chi connectivity index (χ3v) is 4.71. The molecule has 0 unspecified atom stereocenters. The van der Waals surface area contributed by atoms with E-state index >= 15 is 0 Å². The van der Waals surface area contributed by atoms with Gasteiger partial charge in [0.2, 0.25) is 0 Å². The van der Waals surface area contributed by atoms with E-state index in [2.05, 4.69) is 16.5 Å². The van der Waals surface area contributed by atoms with Gasteiger partial charge in [0.05, 0.1) is 12.2 Å². The third-order valence-electron chi connectivity index (χ3n) is 3.97. The Kier molecular flexibility index (Phi) is 5.51. The Labute approximate surface area is 168 Å². The number of amides is 3. The minimum absolute atomic E-state index is 0.0510. The second kappa shape index (κ2) is 7.74. The van der Waals surface area contributed by atoms with Crippen molar-refractivity contribution >= 4 is 35.2 Å². The number of imide groups is 1. The maximum absolute atomic E-state index is 12.8. The molecular formula is C18H16F3N5O2S. The molecule has 3 amide bonds. The molecule has 1 fully saturated rings. The zero-order chi connectivity index (χ0) is 21.3. The van der Waals surface area contributed by atoms with Crippen molar-refractivity contribution in [3.8, 4) is 0 Å². The van der Waals surface area contributed by atoms with Crippen LogP contribution in [0.1, 0.15) is 5.82 Å². The van der Waals surface area contributed by atoms with Gasteiger partial charge in [-0.1, -0.05) is 6.58 Å². The second-order valence-corrected chi connectivity index (χ2v) is 7.36. The number of carbonyl (C=O) groups excluding carboxylic acids is 2. The first-order valence-electron chi connectivity index (χ1n) is 8.27. The number of hydrogen-bond acceptors (Lipinski definition) is 6. The summed E-state index contributed by atoms with van der Waals surface area (Å²) in [5, 5.41) is 0. The highest BCUT2D eigenvalue weighted by atomic mass is 32.2. The molecular weight excluding hydrogens is 407 g/mol. The van der Waals surface area contributed by atoms with Crippen molar-refractivity contribution < 1.29 is 22.8 Å². The van der Waals surface area contributed by atoms with Crippen molar-refractivity contribution in [2.75, 3.05) is 23.9 Å². The summed E-state index contributed by atoms with van der Waals surface area (Å²) < 4.78 is 37.4. The number of hydrogen-bond donors (Lipinski definition) is 0. The number of nitrogens with zero attached hydrogens (tertiary/aromatic N) is 5. The van der Waals surface area contributed by atoms with Crippen LogP contribution in [0.3, 0.4) is 0 Å². The van der Waals surface area contributed by atoms with Crippen LogP contribution in [0.4, 0.5) is 29.5 Å². The third kappa shape index (κ3) is 4.50. The van der Waals surface area contributed by atoms with Gasteiger partial charge in [-0.05, 0) is 42.1 Å². The molecule has 11 heteroatoms. The predicted molar refractivity (Wildman–Crippen MR) is 102 cm³/mol. The van der Waals surface area contributed by atoms with E-state index in [0.29, 0.717) is 11.6 Å². The lowest BCUT2D eigenvalue weighted by atomic mass is 10.3. The molecule has 1 aliphatic heterocycles. The van der Waals surface area contributed by atoms with Crippen LogP contribution in [0.2, 0.25) is 0 Å². The first-order chi connectivity index (χ1) is 13.6. The molecule has 1 saturated heterocycles. The van der Waals surface area contributed by atoms with Gasteiger partial charge in [-0.25, -0.2) is 19.7 Å². The number of benzene rings is 1. The quantitative estimate of drug-likeness (QED) is 0.416. The van der Waals surface area contributed by atoms with Gasteiger partial charge in [0, 0.05) is 25.2 Å². The molecule has 0 spiro atoms. The molecule has 3 rings (SSSR count). The van der Waals surface area contributed by atoms with Crippen molar-refractivity contribution in [1.82, 2.24) is 14.9 Å². The Morgan fingerprint density at radius 1 is 1.14 bits per heavy atom. The first-order valence-corrected chi connectivity index (χ1v) is 9.08. The van der Waals surface area contributed by atoms with Crippen LogP contribution in [-0.4, -0.2) is 46.4 Å². The molecule has 0 N–H and O–H groups in total. The molecule has 0 radical (unpaired) electrons. The molecule has 1 aromatic heterocycles. The van der Waals surface area contributed by atoms with Crippen LogP contribution in [-0.2, 0) is 11.3 Å². The summed E-state index contributed by atoms with van der Waals surface area (Å²) in [7, 11) is 3.61. The Morgan fingerprint density at radius 3 is 2.38 bits per heavy atom. The van der Waals surface area contributed by atoms with Crippen LogP contribution in [0.5, 0.6) is 0 Å². The van der Waals surface area contributed by atoms with Gasteiger partial charge in [0.15, 0.2) is 5.82 Å². The van der Waals surface area contributed by atoms with Crippen molar-refractivity contribution in [2.24, 2.45) is 0 Å². The molecule has 0 bridgehead atoms. The van der Waals surface area contributed by atoms with E-state index in [0.717, 1.165) is 9.80 Å². The summed E-state index contributed by atoms with van der Waals surface area (Å²) in [5.74, 6) is 0.292. The molecule has 1 aromatic carbocycles. The average Bonchev–Trinajstić information content (AvgIpc) is 2.85. The van der Waals surface area contributed by atoms with Gasteiger partial charge in [-0.3, -0.25) is 9.69 Å². The van der Waals surface area contributed by atoms with E-state index in [9.17, 15) is 22.8 Å². The molecule has 7 nitrogen and oxygen atoms in total. The summed E-state index contributed by atoms with van der Waals surface area (Å²) >= 11 is -0.277. The highest BCUT2D eigenvalue weighted by molar-refractivity contribution is 8.00. The molecule has 0 saturated carbocycles. The number of halogens is 3. The predicted octanol–water partition coefficient (Wildman–Crippen LogP) is 3.64. The van der Waals surface area contributed by atoms with Crippen LogP contribution in [0.15, 0.2) is 53.7 Å². The number of alkyl halides is 3. The van der Waals surface area contributed by atoms with Crippen molar-refractivity contribution in [2.45, 2.75) is 16.9 Å². The van der Waals surface area contributed by atoms with E-state index in [1.807, 2.05) is 0 Å². The van der Waals surface area contributed by atoms with Crippen LogP contribution in [0, 0.1) is 0 Å². The molecule has 2 aromatic rings. The zero-order valence-corrected chi connectivity index (χ0v) is 16.3. The topological polar surface area (TPSA) is 69.6 Å². The van der Waals surface area contributed by atoms with Gasteiger partial charge in [0.1, 0.15) is 11.5 Å². The fraction of sp³-hybridized carbons (Fsp3) is 0.222. The van der Waals surface area contributed by atoms with Gasteiger partial charge in [0.25, 0.3) is 5.91 Å². The number of anilines is 2. The largest absolute Gasteiger partial charge is 0.446 e. The number of carbonyl (C=O) groups is 2. The van der Waals surface area contributed by atoms with Gasteiger partial charge < -0.3 is 4.90 Å². The Balaban J connectivity index is 1.81. The SMILES string of the molecule is C=C1C(=O)N(c2ccc(SC(F)(F)F)cc2)C(=O)N1Cc1nccc(N(C)C)n1. The summed E-state index contributed by atoms with van der Waals surface area (Å²) in [4.78, 5) is 37.5. The Bertz CT molecular complexity index is 963. The Hall–Kier alpha value is -3.08. The van der Waals surface area contributed by atoms with Crippen molar-refractivity contribution in [3.05, 3.63) is 54.6 Å². The lowest BCUT2D eigenvalue weighted by Gasteiger charge is -2.17. The molecule has 0 atom stereocenters. The lowest BCUT2D eigenvalue weighted by Crippen LogP contribution is -2.33. The zero-order valence-electron chi connectivity index (χ0n) is 15.5. The summed E-state index contributed by atoms with van der Waals surface area (Å²) in [6.07, 6.45) is 1.54. The van der Waals surface area contributed by atoms with Gasteiger partial charge in [-0.2, -0.15) is 13.2 Å². The maximum Gasteiger partial charge on any atom is 0.446 e. The highest BCUT2D eigenvalue weighted by Gasteiger charge is 2.41. The minimum atomic E-state index is -4.42. The van der Waals surface area contributed by atoms with Crippen molar-refractivity contribution in [3.63, 3.8) is 0 Å². The smallest absolute Gasteiger partial charge is 0.363 e. The number of thioether (sulfide) groups is 1. The molecule has 1 aliphatic rings. The maximum atomic E-state index is 12.8. The Morgan fingerprint density at radius 2 is 1.79 bits per heavy atom. The highest BCUT2D eigenvalue weighted by Crippen LogP contribution is 2.38.